The first-order valence-electron chi connectivity index (χ1n) is 9.10. The quantitative estimate of drug-likeness (QED) is 0.762. The summed E-state index contributed by atoms with van der Waals surface area (Å²) in [7, 11) is 4.77. The Morgan fingerprint density at radius 1 is 1.00 bits per heavy atom. The second kappa shape index (κ2) is 8.77. The van der Waals surface area contributed by atoms with E-state index in [0.29, 0.717) is 30.3 Å². The molecule has 3 rings (SSSR count). The van der Waals surface area contributed by atoms with Crippen molar-refractivity contribution >= 4 is 5.91 Å². The fourth-order valence-electron chi connectivity index (χ4n) is 3.51. The Kier molecular flexibility index (Phi) is 6.19. The molecule has 1 unspecified atom stereocenters. The largest absolute Gasteiger partial charge is 0.496 e. The smallest absolute Gasteiger partial charge is 0.275 e. The van der Waals surface area contributed by atoms with Crippen LogP contribution in [0.1, 0.15) is 16.7 Å². The van der Waals surface area contributed by atoms with Gasteiger partial charge in [-0.1, -0.05) is 24.3 Å². The molecule has 144 valence electrons. The molecule has 2 aromatic carbocycles. The first-order valence-corrected chi connectivity index (χ1v) is 9.10. The Morgan fingerprint density at radius 2 is 1.67 bits per heavy atom. The Labute approximate surface area is 160 Å². The molecule has 0 spiro atoms. The van der Waals surface area contributed by atoms with Gasteiger partial charge in [0.05, 0.1) is 27.9 Å². The van der Waals surface area contributed by atoms with Gasteiger partial charge in [0, 0.05) is 30.2 Å². The zero-order valence-corrected chi connectivity index (χ0v) is 16.1. The normalized spacial score (nSPS) is 15.6. The van der Waals surface area contributed by atoms with E-state index in [4.69, 9.17) is 14.2 Å². The van der Waals surface area contributed by atoms with E-state index >= 15 is 0 Å². The van der Waals surface area contributed by atoms with Crippen LogP contribution in [0.2, 0.25) is 0 Å². The van der Waals surface area contributed by atoms with E-state index in [1.807, 2.05) is 6.07 Å². The van der Waals surface area contributed by atoms with E-state index in [0.717, 1.165) is 25.1 Å². The zero-order valence-electron chi connectivity index (χ0n) is 16.1. The van der Waals surface area contributed by atoms with Crippen molar-refractivity contribution in [2.24, 2.45) is 0 Å². The van der Waals surface area contributed by atoms with E-state index in [1.54, 1.807) is 27.4 Å². The lowest BCUT2D eigenvalue weighted by molar-refractivity contribution is -0.908. The molecule has 1 aliphatic rings. The molecular formula is C21H27N2O4+. The molecule has 0 saturated carbocycles. The molecular weight excluding hydrogens is 344 g/mol. The average molecular weight is 371 g/mol. The molecule has 1 aliphatic heterocycles. The van der Waals surface area contributed by atoms with Crippen molar-refractivity contribution in [2.45, 2.75) is 19.5 Å². The van der Waals surface area contributed by atoms with Crippen LogP contribution in [0.5, 0.6) is 17.2 Å². The summed E-state index contributed by atoms with van der Waals surface area (Å²) in [5.41, 5.74) is 3.59. The predicted octanol–water partition coefficient (Wildman–Crippen LogP) is 0.970. The minimum Gasteiger partial charge on any atom is -0.496 e. The number of benzene rings is 2. The minimum absolute atomic E-state index is 0.0289. The maximum Gasteiger partial charge on any atom is 0.275 e. The first-order chi connectivity index (χ1) is 13.1. The number of fused-ring (bicyclic) bond motifs is 1. The highest BCUT2D eigenvalue weighted by Crippen LogP contribution is 2.34. The number of nitrogens with one attached hydrogen (secondary N) is 2. The molecule has 0 aliphatic carbocycles. The fourth-order valence-corrected chi connectivity index (χ4v) is 3.51. The highest BCUT2D eigenvalue weighted by atomic mass is 16.5. The summed E-state index contributed by atoms with van der Waals surface area (Å²) >= 11 is 0. The Morgan fingerprint density at radius 3 is 2.37 bits per heavy atom. The summed E-state index contributed by atoms with van der Waals surface area (Å²) in [5.74, 6) is 1.90. The molecule has 0 aromatic heterocycles. The molecule has 6 nitrogen and oxygen atoms in total. The average Bonchev–Trinajstić information content (AvgIpc) is 2.71. The highest BCUT2D eigenvalue weighted by Gasteiger charge is 2.21. The summed E-state index contributed by atoms with van der Waals surface area (Å²) in [5, 5.41) is 3.00. The number of carbonyl (C=O) groups is 1. The van der Waals surface area contributed by atoms with Gasteiger partial charge < -0.3 is 24.4 Å². The molecule has 27 heavy (non-hydrogen) atoms. The lowest BCUT2D eigenvalue weighted by Gasteiger charge is -2.25. The molecule has 0 fully saturated rings. The van der Waals surface area contributed by atoms with E-state index in [-0.39, 0.29) is 5.91 Å². The summed E-state index contributed by atoms with van der Waals surface area (Å²) in [6, 6.07) is 12.1. The number of methoxy groups -OCH3 is 3. The highest BCUT2D eigenvalue weighted by molar-refractivity contribution is 5.77. The van der Waals surface area contributed by atoms with Crippen LogP contribution in [-0.2, 0) is 24.3 Å². The van der Waals surface area contributed by atoms with Gasteiger partial charge in [-0.2, -0.15) is 0 Å². The van der Waals surface area contributed by atoms with Crippen LogP contribution in [-0.4, -0.2) is 40.3 Å². The number of rotatable bonds is 7. The van der Waals surface area contributed by atoms with Crippen LogP contribution in [0.25, 0.3) is 0 Å². The second-order valence-electron chi connectivity index (χ2n) is 6.67. The van der Waals surface area contributed by atoms with Gasteiger partial charge in [0.1, 0.15) is 12.3 Å². The summed E-state index contributed by atoms with van der Waals surface area (Å²) in [4.78, 5) is 13.7. The number of hydrogen-bond acceptors (Lipinski definition) is 4. The Hall–Kier alpha value is -2.73. The topological polar surface area (TPSA) is 61.2 Å². The standard InChI is InChI=1S/C21H26N2O4/c1-25-18-11-20(27-3)19(26-2)10-17(18)12-22-21(24)14-23-9-8-15-6-4-5-7-16(15)13-23/h4-7,10-11H,8-9,12-14H2,1-3H3,(H,22,24)/p+1. The van der Waals surface area contributed by atoms with E-state index < -0.39 is 0 Å². The van der Waals surface area contributed by atoms with E-state index in [2.05, 4.69) is 29.6 Å². The zero-order chi connectivity index (χ0) is 19.2. The van der Waals surface area contributed by atoms with Gasteiger partial charge >= 0.3 is 0 Å². The number of quaternary nitrogens is 1. The first kappa shape index (κ1) is 19.0. The van der Waals surface area contributed by atoms with E-state index in [9.17, 15) is 4.79 Å². The van der Waals surface area contributed by atoms with Gasteiger partial charge in [0.2, 0.25) is 0 Å². The monoisotopic (exact) mass is 371 g/mol. The van der Waals surface area contributed by atoms with Gasteiger partial charge in [0.15, 0.2) is 18.0 Å². The third kappa shape index (κ3) is 4.52. The summed E-state index contributed by atoms with van der Waals surface area (Å²) in [6.07, 6.45) is 1.02. The SMILES string of the molecule is COc1cc(OC)c(OC)cc1CNC(=O)C[NH+]1CCc2ccccc2C1. The molecule has 2 N–H and O–H groups in total. The van der Waals surface area contributed by atoms with Crippen LogP contribution in [0.3, 0.4) is 0 Å². The summed E-state index contributed by atoms with van der Waals surface area (Å²) in [6.45, 7) is 2.71. The van der Waals surface area contributed by atoms with Crippen molar-refractivity contribution in [2.75, 3.05) is 34.4 Å². The van der Waals surface area contributed by atoms with Crippen LogP contribution in [0.15, 0.2) is 36.4 Å². The Bertz CT molecular complexity index is 807. The van der Waals surface area contributed by atoms with Gasteiger partial charge in [-0.15, -0.1) is 0 Å². The minimum atomic E-state index is 0.0289. The van der Waals surface area contributed by atoms with Crippen LogP contribution >= 0.6 is 0 Å². The number of ether oxygens (including phenoxy) is 3. The summed E-state index contributed by atoms with van der Waals surface area (Å²) < 4.78 is 16.1. The van der Waals surface area contributed by atoms with Crippen molar-refractivity contribution in [1.29, 1.82) is 0 Å². The third-order valence-electron chi connectivity index (χ3n) is 4.98. The fraction of sp³-hybridized carbons (Fsp3) is 0.381. The van der Waals surface area contributed by atoms with Crippen molar-refractivity contribution in [3.05, 3.63) is 53.1 Å². The molecule has 1 atom stereocenters. The lowest BCUT2D eigenvalue weighted by Crippen LogP contribution is -3.12. The van der Waals surface area contributed by atoms with Crippen LogP contribution < -0.4 is 24.4 Å². The van der Waals surface area contributed by atoms with Crippen molar-refractivity contribution in [1.82, 2.24) is 5.32 Å². The van der Waals surface area contributed by atoms with Crippen molar-refractivity contribution in [3.63, 3.8) is 0 Å². The van der Waals surface area contributed by atoms with Crippen LogP contribution in [0.4, 0.5) is 0 Å². The van der Waals surface area contributed by atoms with Gasteiger partial charge in [-0.05, 0) is 11.6 Å². The van der Waals surface area contributed by atoms with Crippen molar-refractivity contribution in [3.8, 4) is 17.2 Å². The second-order valence-corrected chi connectivity index (χ2v) is 6.67. The molecule has 6 heteroatoms. The maximum atomic E-state index is 12.4. The third-order valence-corrected chi connectivity index (χ3v) is 4.98. The molecule has 0 bridgehead atoms. The molecule has 0 saturated heterocycles. The van der Waals surface area contributed by atoms with Crippen molar-refractivity contribution < 1.29 is 23.9 Å². The van der Waals surface area contributed by atoms with Gasteiger partial charge in [0.25, 0.3) is 5.91 Å². The molecule has 1 amide bonds. The van der Waals surface area contributed by atoms with E-state index in [1.165, 1.54) is 16.0 Å². The lowest BCUT2D eigenvalue weighted by atomic mass is 10.00. The molecule has 0 radical (unpaired) electrons. The van der Waals surface area contributed by atoms with Gasteiger partial charge in [-0.3, -0.25) is 4.79 Å². The maximum absolute atomic E-state index is 12.4. The predicted molar refractivity (Wildman–Crippen MR) is 102 cm³/mol. The van der Waals surface area contributed by atoms with Crippen LogP contribution in [0, 0.1) is 0 Å². The van der Waals surface area contributed by atoms with Gasteiger partial charge in [-0.25, -0.2) is 0 Å². The number of hydrogen-bond donors (Lipinski definition) is 2. The Balaban J connectivity index is 1.59. The number of amides is 1. The number of carbonyl (C=O) groups excluding carboxylic acids is 1. The molecule has 2 aromatic rings. The molecule has 1 heterocycles.